The summed E-state index contributed by atoms with van der Waals surface area (Å²) in [5.74, 6) is 1.84. The second-order valence-corrected chi connectivity index (χ2v) is 8.91. The zero-order valence-electron chi connectivity index (χ0n) is 18.2. The highest BCUT2D eigenvalue weighted by atomic mass is 15.2. The molecule has 0 spiro atoms. The number of nitrogens with zero attached hydrogens (tertiary/aromatic N) is 4. The molecule has 1 aliphatic rings. The maximum absolute atomic E-state index is 5.86. The van der Waals surface area contributed by atoms with Crippen molar-refractivity contribution in [1.82, 2.24) is 24.6 Å². The first-order valence-corrected chi connectivity index (χ1v) is 11.1. The quantitative estimate of drug-likeness (QED) is 0.463. The van der Waals surface area contributed by atoms with Crippen LogP contribution < -0.4 is 5.73 Å². The van der Waals surface area contributed by atoms with Gasteiger partial charge in [0, 0.05) is 29.5 Å². The van der Waals surface area contributed by atoms with Gasteiger partial charge in [0.05, 0.1) is 11.2 Å². The van der Waals surface area contributed by atoms with Gasteiger partial charge < -0.3 is 10.7 Å². The molecule has 0 bridgehead atoms. The van der Waals surface area contributed by atoms with Crippen LogP contribution in [0.15, 0.2) is 36.8 Å². The minimum absolute atomic E-state index is 0.313. The van der Waals surface area contributed by atoms with Gasteiger partial charge in [0.25, 0.3) is 0 Å². The third kappa shape index (κ3) is 4.48. The van der Waals surface area contributed by atoms with Gasteiger partial charge in [0.2, 0.25) is 5.95 Å². The second kappa shape index (κ2) is 8.86. The first kappa shape index (κ1) is 20.4. The van der Waals surface area contributed by atoms with Crippen LogP contribution in [0.25, 0.3) is 27.7 Å². The van der Waals surface area contributed by atoms with E-state index in [1.807, 2.05) is 23.0 Å². The number of nitrogens with two attached hydrogens (primary N) is 1. The van der Waals surface area contributed by atoms with E-state index in [2.05, 4.69) is 53.0 Å². The SMILES string of the molecule is CC(C)Cc1nc(N)nc2[nH]cc(-c3ccn4nccc4c3)c12.CC1CCCCC1. The highest BCUT2D eigenvalue weighted by Crippen LogP contribution is 2.31. The van der Waals surface area contributed by atoms with Crippen molar-refractivity contribution in [2.24, 2.45) is 11.8 Å². The van der Waals surface area contributed by atoms with Crippen LogP contribution in [0.4, 0.5) is 5.95 Å². The number of fused-ring (bicyclic) bond motifs is 2. The van der Waals surface area contributed by atoms with Crippen molar-refractivity contribution in [2.75, 3.05) is 5.73 Å². The monoisotopic (exact) mass is 404 g/mol. The number of nitrogen functional groups attached to an aromatic ring is 1. The van der Waals surface area contributed by atoms with Gasteiger partial charge in [-0.15, -0.1) is 0 Å². The van der Waals surface area contributed by atoms with Gasteiger partial charge in [-0.1, -0.05) is 52.9 Å². The van der Waals surface area contributed by atoms with E-state index in [-0.39, 0.29) is 0 Å². The number of H-pyrrole nitrogens is 1. The highest BCUT2D eigenvalue weighted by Gasteiger charge is 2.15. The van der Waals surface area contributed by atoms with Crippen molar-refractivity contribution in [3.63, 3.8) is 0 Å². The van der Waals surface area contributed by atoms with Crippen molar-refractivity contribution in [1.29, 1.82) is 0 Å². The lowest BCUT2D eigenvalue weighted by molar-refractivity contribution is 0.385. The van der Waals surface area contributed by atoms with E-state index in [4.69, 9.17) is 5.73 Å². The van der Waals surface area contributed by atoms with Crippen molar-refractivity contribution >= 4 is 22.5 Å². The van der Waals surface area contributed by atoms with Crippen LogP contribution in [-0.4, -0.2) is 24.6 Å². The van der Waals surface area contributed by atoms with Gasteiger partial charge in [0.15, 0.2) is 0 Å². The number of hydrogen-bond acceptors (Lipinski definition) is 4. The minimum atomic E-state index is 0.313. The van der Waals surface area contributed by atoms with Gasteiger partial charge in [0.1, 0.15) is 5.65 Å². The summed E-state index contributed by atoms with van der Waals surface area (Å²) < 4.78 is 1.85. The minimum Gasteiger partial charge on any atom is -0.368 e. The van der Waals surface area contributed by atoms with E-state index < -0.39 is 0 Å². The average molecular weight is 405 g/mol. The smallest absolute Gasteiger partial charge is 0.222 e. The molecule has 3 N–H and O–H groups in total. The molecule has 1 saturated carbocycles. The fraction of sp³-hybridized carbons (Fsp3) is 0.458. The summed E-state index contributed by atoms with van der Waals surface area (Å²) in [6.45, 7) is 6.71. The number of aromatic nitrogens is 5. The lowest BCUT2D eigenvalue weighted by atomic mass is 9.91. The molecule has 1 fully saturated rings. The molecule has 4 heterocycles. The van der Waals surface area contributed by atoms with Crippen LogP contribution in [0, 0.1) is 11.8 Å². The maximum atomic E-state index is 5.86. The van der Waals surface area contributed by atoms with Gasteiger partial charge >= 0.3 is 0 Å². The Hall–Kier alpha value is -2.89. The Morgan fingerprint density at radius 2 is 1.97 bits per heavy atom. The molecule has 4 aromatic rings. The van der Waals surface area contributed by atoms with E-state index in [0.717, 1.165) is 45.7 Å². The lowest BCUT2D eigenvalue weighted by Gasteiger charge is -2.15. The molecule has 0 aromatic carbocycles. The molecule has 6 nitrogen and oxygen atoms in total. The van der Waals surface area contributed by atoms with E-state index in [9.17, 15) is 0 Å². The van der Waals surface area contributed by atoms with Crippen LogP contribution in [0.1, 0.15) is 58.6 Å². The van der Waals surface area contributed by atoms with E-state index in [1.54, 1.807) is 6.20 Å². The summed E-state index contributed by atoms with van der Waals surface area (Å²) in [6.07, 6.45) is 14.0. The molecule has 0 unspecified atom stereocenters. The van der Waals surface area contributed by atoms with Crippen molar-refractivity contribution in [3.05, 3.63) is 42.5 Å². The number of anilines is 1. The molecule has 6 heteroatoms. The molecule has 5 rings (SSSR count). The van der Waals surface area contributed by atoms with Crippen LogP contribution in [0.3, 0.4) is 0 Å². The Kier molecular flexibility index (Phi) is 6.02. The summed E-state index contributed by atoms with van der Waals surface area (Å²) in [5, 5.41) is 5.29. The molecular formula is C24H32N6. The molecule has 1 aliphatic carbocycles. The first-order valence-electron chi connectivity index (χ1n) is 11.1. The summed E-state index contributed by atoms with van der Waals surface area (Å²) in [4.78, 5) is 12.0. The Balaban J connectivity index is 0.000000265. The lowest BCUT2D eigenvalue weighted by Crippen LogP contribution is -2.03. The number of rotatable bonds is 3. The predicted octanol–water partition coefficient (Wildman–Crippen LogP) is 5.64. The van der Waals surface area contributed by atoms with E-state index in [1.165, 1.54) is 32.1 Å². The van der Waals surface area contributed by atoms with Gasteiger partial charge in [-0.05, 0) is 42.0 Å². The van der Waals surface area contributed by atoms with Gasteiger partial charge in [-0.3, -0.25) is 0 Å². The molecule has 30 heavy (non-hydrogen) atoms. The van der Waals surface area contributed by atoms with Crippen LogP contribution >= 0.6 is 0 Å². The van der Waals surface area contributed by atoms with Crippen molar-refractivity contribution in [3.8, 4) is 11.1 Å². The van der Waals surface area contributed by atoms with E-state index >= 15 is 0 Å². The highest BCUT2D eigenvalue weighted by molar-refractivity contribution is 5.96. The average Bonchev–Trinajstić information content (AvgIpc) is 3.34. The number of hydrogen-bond donors (Lipinski definition) is 2. The molecule has 0 radical (unpaired) electrons. The topological polar surface area (TPSA) is 84.9 Å². The molecule has 4 aromatic heterocycles. The Labute approximate surface area is 177 Å². The van der Waals surface area contributed by atoms with Crippen molar-refractivity contribution in [2.45, 2.75) is 59.3 Å². The normalized spacial score (nSPS) is 14.9. The zero-order chi connectivity index (χ0) is 21.1. The first-order chi connectivity index (χ1) is 14.5. The predicted molar refractivity (Wildman–Crippen MR) is 123 cm³/mol. The van der Waals surface area contributed by atoms with Crippen LogP contribution in [-0.2, 0) is 6.42 Å². The number of nitrogens with one attached hydrogen (secondary N) is 1. The fourth-order valence-corrected chi connectivity index (χ4v) is 4.28. The molecule has 0 amide bonds. The number of pyridine rings is 1. The summed E-state index contributed by atoms with van der Waals surface area (Å²) in [5.41, 5.74) is 10.9. The summed E-state index contributed by atoms with van der Waals surface area (Å²) in [7, 11) is 0. The van der Waals surface area contributed by atoms with Crippen molar-refractivity contribution < 1.29 is 0 Å². The third-order valence-corrected chi connectivity index (χ3v) is 5.83. The Bertz CT molecular complexity index is 1120. The molecule has 0 atom stereocenters. The zero-order valence-corrected chi connectivity index (χ0v) is 18.2. The molecule has 158 valence electrons. The summed E-state index contributed by atoms with van der Waals surface area (Å²) in [6, 6.07) is 6.16. The summed E-state index contributed by atoms with van der Waals surface area (Å²) >= 11 is 0. The second-order valence-electron chi connectivity index (χ2n) is 8.91. The Morgan fingerprint density at radius 3 is 2.67 bits per heavy atom. The Morgan fingerprint density at radius 1 is 1.17 bits per heavy atom. The van der Waals surface area contributed by atoms with Crippen LogP contribution in [0.5, 0.6) is 0 Å². The molecule has 0 saturated heterocycles. The van der Waals surface area contributed by atoms with Crippen LogP contribution in [0.2, 0.25) is 0 Å². The molecule has 0 aliphatic heterocycles. The third-order valence-electron chi connectivity index (χ3n) is 5.83. The fourth-order valence-electron chi connectivity index (χ4n) is 4.28. The van der Waals surface area contributed by atoms with E-state index in [0.29, 0.717) is 11.9 Å². The number of aromatic amines is 1. The standard InChI is InChI=1S/C17H18N6.C7H14/c1-10(2)7-14-15-13(9-19-16(15)22-17(18)21-14)11-4-6-23-12(8-11)3-5-20-23;1-7-5-3-2-4-6-7/h3-6,8-10H,7H2,1-2H3,(H3,18,19,21,22);7H,2-6H2,1H3. The maximum Gasteiger partial charge on any atom is 0.222 e. The largest absolute Gasteiger partial charge is 0.368 e. The molecular weight excluding hydrogens is 372 g/mol. The van der Waals surface area contributed by atoms with Gasteiger partial charge in [-0.25, -0.2) is 9.50 Å². The van der Waals surface area contributed by atoms with Gasteiger partial charge in [-0.2, -0.15) is 10.1 Å².